The summed E-state index contributed by atoms with van der Waals surface area (Å²) in [6.45, 7) is 6.56. The van der Waals surface area contributed by atoms with Crippen molar-refractivity contribution in [3.05, 3.63) is 81.7 Å². The fourth-order valence-electron chi connectivity index (χ4n) is 6.10. The lowest BCUT2D eigenvalue weighted by Crippen LogP contribution is -2.16. The Bertz CT molecular complexity index is 1550. The van der Waals surface area contributed by atoms with Crippen LogP contribution in [0.25, 0.3) is 22.2 Å². The number of benzene rings is 2. The summed E-state index contributed by atoms with van der Waals surface area (Å²) in [6, 6.07) is 18.1. The Kier molecular flexibility index (Phi) is 10.6. The van der Waals surface area contributed by atoms with Gasteiger partial charge >= 0.3 is 5.97 Å². The molecule has 1 N–H and O–H groups in total. The van der Waals surface area contributed by atoms with Crippen molar-refractivity contribution in [1.82, 2.24) is 4.98 Å². The molecule has 5 nitrogen and oxygen atoms in total. The zero-order chi connectivity index (χ0) is 30.2. The molecule has 0 radical (unpaired) electrons. The molecule has 5 rings (SSSR count). The highest BCUT2D eigenvalue weighted by Gasteiger charge is 2.26. The summed E-state index contributed by atoms with van der Waals surface area (Å²) in [5.74, 6) is 0.00209. The average Bonchev–Trinajstić information content (AvgIpc) is 3.33. The summed E-state index contributed by atoms with van der Waals surface area (Å²) in [4.78, 5) is 33.6. The summed E-state index contributed by atoms with van der Waals surface area (Å²) in [6.07, 6.45) is 12.3. The summed E-state index contributed by atoms with van der Waals surface area (Å²) in [7, 11) is 0. The number of carbonyl (C=O) groups is 2. The van der Waals surface area contributed by atoms with E-state index in [1.165, 1.54) is 42.5 Å². The summed E-state index contributed by atoms with van der Waals surface area (Å²) in [5, 5.41) is 4.56. The van der Waals surface area contributed by atoms with E-state index in [4.69, 9.17) is 9.72 Å². The first-order chi connectivity index (χ1) is 20.9. The number of hydrogen-bond donors (Lipinski definition) is 1. The van der Waals surface area contributed by atoms with Crippen LogP contribution >= 0.6 is 11.3 Å². The highest BCUT2D eigenvalue weighted by atomic mass is 32.1. The molecule has 1 aliphatic carbocycles. The predicted octanol–water partition coefficient (Wildman–Crippen LogP) is 9.81. The van der Waals surface area contributed by atoms with Crippen LogP contribution in [0.3, 0.4) is 0 Å². The van der Waals surface area contributed by atoms with Crippen molar-refractivity contribution in [2.24, 2.45) is 5.92 Å². The van der Waals surface area contributed by atoms with Gasteiger partial charge in [-0.05, 0) is 68.2 Å². The van der Waals surface area contributed by atoms with Crippen LogP contribution in [-0.4, -0.2) is 23.5 Å². The zero-order valence-electron chi connectivity index (χ0n) is 25.8. The van der Waals surface area contributed by atoms with Gasteiger partial charge in [-0.2, -0.15) is 0 Å². The van der Waals surface area contributed by atoms with Crippen molar-refractivity contribution in [2.75, 3.05) is 11.9 Å². The molecule has 0 unspecified atom stereocenters. The fraction of sp³-hybridized carbons (Fsp3) is 0.432. The van der Waals surface area contributed by atoms with E-state index in [9.17, 15) is 9.59 Å². The molecule has 226 valence electrons. The van der Waals surface area contributed by atoms with Crippen LogP contribution in [0, 0.1) is 5.92 Å². The first kappa shape index (κ1) is 30.9. The number of rotatable bonds is 7. The van der Waals surface area contributed by atoms with Gasteiger partial charge in [0.05, 0.1) is 28.9 Å². The molecule has 1 aliphatic rings. The Morgan fingerprint density at radius 1 is 0.907 bits per heavy atom. The minimum Gasteiger partial charge on any atom is -0.462 e. The second kappa shape index (κ2) is 14.8. The van der Waals surface area contributed by atoms with E-state index in [1.54, 1.807) is 11.3 Å². The molecule has 0 saturated heterocycles. The minimum absolute atomic E-state index is 0.237. The van der Waals surface area contributed by atoms with Crippen LogP contribution in [0.4, 0.5) is 5.00 Å². The van der Waals surface area contributed by atoms with E-state index < -0.39 is 0 Å². The Hall–Kier alpha value is -3.51. The average molecular weight is 597 g/mol. The smallest absolute Gasteiger partial charge is 0.341 e. The van der Waals surface area contributed by atoms with Gasteiger partial charge in [0.15, 0.2) is 0 Å². The van der Waals surface area contributed by atoms with Gasteiger partial charge in [0.2, 0.25) is 0 Å². The first-order valence-corrected chi connectivity index (χ1v) is 16.9. The number of thiophene rings is 1. The molecule has 2 heterocycles. The van der Waals surface area contributed by atoms with Crippen molar-refractivity contribution < 1.29 is 14.3 Å². The Morgan fingerprint density at radius 2 is 1.58 bits per heavy atom. The van der Waals surface area contributed by atoms with Gasteiger partial charge in [-0.25, -0.2) is 9.78 Å². The molecular weight excluding hydrogens is 552 g/mol. The number of esters is 1. The van der Waals surface area contributed by atoms with E-state index >= 15 is 0 Å². The van der Waals surface area contributed by atoms with Gasteiger partial charge in [0.25, 0.3) is 5.91 Å². The second-order valence-electron chi connectivity index (χ2n) is 12.1. The summed E-state index contributed by atoms with van der Waals surface area (Å²) >= 11 is 1.55. The number of aryl methyl sites for hydroxylation is 1. The molecular formula is C37H44N2O3S. The van der Waals surface area contributed by atoms with Gasteiger partial charge in [0.1, 0.15) is 5.00 Å². The van der Waals surface area contributed by atoms with Crippen molar-refractivity contribution in [3.63, 3.8) is 0 Å². The van der Waals surface area contributed by atoms with Crippen LogP contribution in [0.5, 0.6) is 0 Å². The van der Waals surface area contributed by atoms with Gasteiger partial charge in [0, 0.05) is 15.8 Å². The van der Waals surface area contributed by atoms with Gasteiger partial charge < -0.3 is 10.1 Å². The Labute approximate surface area is 260 Å². The zero-order valence-corrected chi connectivity index (χ0v) is 26.7. The van der Waals surface area contributed by atoms with Crippen molar-refractivity contribution in [3.8, 4) is 11.3 Å². The van der Waals surface area contributed by atoms with Gasteiger partial charge in [-0.3, -0.25) is 4.79 Å². The van der Waals surface area contributed by atoms with E-state index in [-0.39, 0.29) is 11.9 Å². The van der Waals surface area contributed by atoms with Crippen molar-refractivity contribution in [1.29, 1.82) is 0 Å². The second-order valence-corrected chi connectivity index (χ2v) is 13.2. The molecule has 43 heavy (non-hydrogen) atoms. The third-order valence-electron chi connectivity index (χ3n) is 8.23. The van der Waals surface area contributed by atoms with Crippen molar-refractivity contribution >= 4 is 39.1 Å². The largest absolute Gasteiger partial charge is 0.462 e. The molecule has 0 fully saturated rings. The maximum atomic E-state index is 14.1. The van der Waals surface area contributed by atoms with E-state index in [2.05, 4.69) is 43.4 Å². The third kappa shape index (κ3) is 7.72. The number of pyridine rings is 1. The van der Waals surface area contributed by atoms with Crippen molar-refractivity contribution in [2.45, 2.75) is 91.4 Å². The number of aromatic nitrogens is 1. The highest BCUT2D eigenvalue weighted by molar-refractivity contribution is 7.17. The molecule has 0 aliphatic heterocycles. The number of nitrogens with zero attached hydrogens (tertiary/aromatic N) is 1. The molecule has 2 aromatic heterocycles. The Morgan fingerprint density at radius 3 is 2.28 bits per heavy atom. The lowest BCUT2D eigenvalue weighted by molar-refractivity contribution is 0.0526. The minimum atomic E-state index is -0.343. The lowest BCUT2D eigenvalue weighted by Gasteiger charge is -2.12. The van der Waals surface area contributed by atoms with Crippen LogP contribution < -0.4 is 5.32 Å². The van der Waals surface area contributed by atoms with Crippen LogP contribution in [0.15, 0.2) is 54.6 Å². The summed E-state index contributed by atoms with van der Waals surface area (Å²) < 4.78 is 5.54. The van der Waals surface area contributed by atoms with Crippen LogP contribution in [-0.2, 0) is 24.0 Å². The quantitative estimate of drug-likeness (QED) is 0.216. The molecule has 1 amide bonds. The normalized spacial score (nSPS) is 14.5. The number of ether oxygens (including phenoxy) is 1. The molecule has 0 bridgehead atoms. The number of amides is 1. The maximum Gasteiger partial charge on any atom is 0.341 e. The molecule has 0 saturated carbocycles. The topological polar surface area (TPSA) is 68.3 Å². The maximum absolute atomic E-state index is 14.1. The molecule has 2 aromatic carbocycles. The Balaban J connectivity index is 1.51. The fourth-order valence-corrected chi connectivity index (χ4v) is 7.37. The standard InChI is InChI=1S/C37H44N2O3S/c1-4-42-37(41)34-29-16-11-9-7-5-6-8-10-12-18-33(29)43-36(34)39-35(40)30-24-32(38-31-17-14-13-15-28(30)31)27-21-19-26(20-22-27)23-25(2)3/h13-15,17,19-22,24-25H,4-12,16,18,23H2,1-3H3,(H,39,40). The van der Waals surface area contributed by atoms with Gasteiger partial charge in [-0.1, -0.05) is 94.8 Å². The number of nitrogens with one attached hydrogen (secondary N) is 1. The number of para-hydroxylation sites is 1. The lowest BCUT2D eigenvalue weighted by atomic mass is 9.97. The number of carbonyl (C=O) groups excluding carboxylic acids is 2. The monoisotopic (exact) mass is 596 g/mol. The number of fused-ring (bicyclic) bond motifs is 2. The molecule has 0 spiro atoms. The molecule has 4 aromatic rings. The van der Waals surface area contributed by atoms with E-state index in [1.807, 2.05) is 37.3 Å². The molecule has 0 atom stereocenters. The van der Waals surface area contributed by atoms with E-state index in [0.29, 0.717) is 28.7 Å². The molecule has 6 heteroatoms. The predicted molar refractivity (Wildman–Crippen MR) is 178 cm³/mol. The van der Waals surface area contributed by atoms with Crippen LogP contribution in [0.2, 0.25) is 0 Å². The number of anilines is 1. The van der Waals surface area contributed by atoms with Gasteiger partial charge in [-0.15, -0.1) is 11.3 Å². The van der Waals surface area contributed by atoms with Crippen LogP contribution in [0.1, 0.15) is 109 Å². The highest BCUT2D eigenvalue weighted by Crippen LogP contribution is 2.38. The SMILES string of the molecule is CCOC(=O)c1c(NC(=O)c2cc(-c3ccc(CC(C)C)cc3)nc3ccccc23)sc2c1CCCCCCCCCC2. The number of hydrogen-bond acceptors (Lipinski definition) is 5. The summed E-state index contributed by atoms with van der Waals surface area (Å²) in [5.41, 5.74) is 5.94. The first-order valence-electron chi connectivity index (χ1n) is 16.1. The third-order valence-corrected chi connectivity index (χ3v) is 9.44. The van der Waals surface area contributed by atoms with E-state index in [0.717, 1.165) is 66.2 Å².